The Bertz CT molecular complexity index is 1300. The molecule has 31 heavy (non-hydrogen) atoms. The average molecular weight is 416 g/mol. The number of nitro benzene ring substituents is 1. The molecule has 0 fully saturated rings. The SMILES string of the molecule is CC1(C)OC2=C(C(=O)C(=O)c3ccccc32)C1n1cc(-c2ccc([N+](=O)[O-])cc2)nn1. The molecule has 1 aliphatic carbocycles. The van der Waals surface area contributed by atoms with Crippen LogP contribution in [0.15, 0.2) is 60.3 Å². The number of ketones is 2. The predicted octanol–water partition coefficient (Wildman–Crippen LogP) is 3.38. The zero-order chi connectivity index (χ0) is 21.9. The lowest BCUT2D eigenvalue weighted by atomic mass is 9.83. The zero-order valence-corrected chi connectivity index (χ0v) is 16.6. The summed E-state index contributed by atoms with van der Waals surface area (Å²) >= 11 is 0. The molecule has 5 rings (SSSR count). The van der Waals surface area contributed by atoms with E-state index in [0.29, 0.717) is 28.1 Å². The summed E-state index contributed by atoms with van der Waals surface area (Å²) < 4.78 is 7.68. The maximum absolute atomic E-state index is 13.0. The van der Waals surface area contributed by atoms with Gasteiger partial charge in [-0.05, 0) is 26.0 Å². The summed E-state index contributed by atoms with van der Waals surface area (Å²) in [6, 6.07) is 12.2. The molecule has 1 aliphatic heterocycles. The van der Waals surface area contributed by atoms with Gasteiger partial charge in [0.25, 0.3) is 5.69 Å². The standard InChI is InChI=1S/C22H16N4O5/c1-22(2)21(17-19(28)18(27)14-5-3-4-6-15(14)20(17)31-22)25-11-16(23-24-25)12-7-9-13(10-8-12)26(29)30/h3-11,21H,1-2H3. The topological polar surface area (TPSA) is 117 Å². The molecule has 0 spiro atoms. The second kappa shape index (κ2) is 6.43. The van der Waals surface area contributed by atoms with E-state index < -0.39 is 28.1 Å². The molecule has 1 unspecified atom stereocenters. The third-order valence-corrected chi connectivity index (χ3v) is 5.56. The van der Waals surface area contributed by atoms with Crippen LogP contribution < -0.4 is 0 Å². The fourth-order valence-electron chi connectivity index (χ4n) is 4.14. The van der Waals surface area contributed by atoms with Gasteiger partial charge < -0.3 is 4.74 Å². The van der Waals surface area contributed by atoms with E-state index in [4.69, 9.17) is 4.74 Å². The summed E-state index contributed by atoms with van der Waals surface area (Å²) in [6.45, 7) is 3.65. The highest BCUT2D eigenvalue weighted by atomic mass is 16.6. The lowest BCUT2D eigenvalue weighted by molar-refractivity contribution is -0.384. The van der Waals surface area contributed by atoms with Gasteiger partial charge in [0.05, 0.1) is 16.7 Å². The molecule has 0 amide bonds. The number of hydrogen-bond donors (Lipinski definition) is 0. The van der Waals surface area contributed by atoms with Crippen molar-refractivity contribution in [2.75, 3.05) is 0 Å². The largest absolute Gasteiger partial charge is 0.484 e. The molecule has 2 heterocycles. The van der Waals surface area contributed by atoms with Crippen molar-refractivity contribution in [2.45, 2.75) is 25.5 Å². The molecule has 9 nitrogen and oxygen atoms in total. The molecule has 154 valence electrons. The Kier molecular flexibility index (Phi) is 3.91. The third-order valence-electron chi connectivity index (χ3n) is 5.56. The van der Waals surface area contributed by atoms with Crippen molar-refractivity contribution in [3.05, 3.63) is 81.5 Å². The number of carbonyl (C=O) groups excluding carboxylic acids is 2. The van der Waals surface area contributed by atoms with Crippen molar-refractivity contribution in [3.8, 4) is 11.3 Å². The normalized spacial score (nSPS) is 19.1. The van der Waals surface area contributed by atoms with Crippen LogP contribution in [-0.2, 0) is 9.53 Å². The van der Waals surface area contributed by atoms with Crippen LogP contribution in [0.25, 0.3) is 17.0 Å². The first-order chi connectivity index (χ1) is 14.8. The number of carbonyl (C=O) groups is 2. The first-order valence-electron chi connectivity index (χ1n) is 9.56. The summed E-state index contributed by atoms with van der Waals surface area (Å²) in [5.74, 6) is -0.796. The minimum Gasteiger partial charge on any atom is -0.484 e. The molecular formula is C22H16N4O5. The van der Waals surface area contributed by atoms with Crippen LogP contribution in [0.2, 0.25) is 0 Å². The fourth-order valence-corrected chi connectivity index (χ4v) is 4.14. The third kappa shape index (κ3) is 2.77. The summed E-state index contributed by atoms with van der Waals surface area (Å²) in [5.41, 5.74) is 1.41. The summed E-state index contributed by atoms with van der Waals surface area (Å²) in [6.07, 6.45) is 1.64. The summed E-state index contributed by atoms with van der Waals surface area (Å²) in [5, 5.41) is 19.2. The quantitative estimate of drug-likeness (QED) is 0.365. The monoisotopic (exact) mass is 416 g/mol. The minimum atomic E-state index is -0.863. The second-order valence-electron chi connectivity index (χ2n) is 7.94. The molecule has 1 atom stereocenters. The van der Waals surface area contributed by atoms with Crippen LogP contribution in [0, 0.1) is 10.1 Å². The van der Waals surface area contributed by atoms with E-state index in [0.717, 1.165) is 0 Å². The molecule has 0 saturated carbocycles. The van der Waals surface area contributed by atoms with Crippen molar-refractivity contribution >= 4 is 23.0 Å². The van der Waals surface area contributed by atoms with E-state index >= 15 is 0 Å². The van der Waals surface area contributed by atoms with Gasteiger partial charge in [-0.25, -0.2) is 4.68 Å². The van der Waals surface area contributed by atoms with E-state index in [1.165, 1.54) is 16.8 Å². The number of fused-ring (bicyclic) bond motifs is 2. The van der Waals surface area contributed by atoms with E-state index in [2.05, 4.69) is 10.3 Å². The zero-order valence-electron chi connectivity index (χ0n) is 16.6. The van der Waals surface area contributed by atoms with Crippen LogP contribution in [0.4, 0.5) is 5.69 Å². The van der Waals surface area contributed by atoms with Gasteiger partial charge in [0.2, 0.25) is 11.6 Å². The number of benzene rings is 2. The number of nitrogens with zero attached hydrogens (tertiary/aromatic N) is 4. The number of ether oxygens (including phenoxy) is 1. The van der Waals surface area contributed by atoms with Gasteiger partial charge >= 0.3 is 0 Å². The first-order valence-corrected chi connectivity index (χ1v) is 9.56. The Labute approximate surface area is 176 Å². The summed E-state index contributed by atoms with van der Waals surface area (Å²) in [4.78, 5) is 36.1. The lowest BCUT2D eigenvalue weighted by Crippen LogP contribution is -2.35. The highest BCUT2D eigenvalue weighted by molar-refractivity contribution is 6.52. The van der Waals surface area contributed by atoms with Crippen LogP contribution in [-0.4, -0.2) is 37.1 Å². The van der Waals surface area contributed by atoms with E-state index in [-0.39, 0.29) is 11.3 Å². The molecule has 0 N–H and O–H groups in total. The van der Waals surface area contributed by atoms with Crippen LogP contribution >= 0.6 is 0 Å². The Morgan fingerprint density at radius 2 is 1.71 bits per heavy atom. The Hall–Kier alpha value is -4.14. The molecule has 3 aromatic rings. The van der Waals surface area contributed by atoms with Crippen molar-refractivity contribution in [1.82, 2.24) is 15.0 Å². The lowest BCUT2D eigenvalue weighted by Gasteiger charge is -2.27. The number of rotatable bonds is 3. The van der Waals surface area contributed by atoms with Gasteiger partial charge in [0, 0.05) is 28.8 Å². The van der Waals surface area contributed by atoms with E-state index in [9.17, 15) is 19.7 Å². The number of non-ortho nitro benzene ring substituents is 1. The Morgan fingerprint density at radius 1 is 1.03 bits per heavy atom. The van der Waals surface area contributed by atoms with Crippen molar-refractivity contribution in [3.63, 3.8) is 0 Å². The van der Waals surface area contributed by atoms with Crippen LogP contribution in [0.5, 0.6) is 0 Å². The fraction of sp³-hybridized carbons (Fsp3) is 0.182. The molecule has 0 bridgehead atoms. The number of nitro groups is 1. The number of hydrogen-bond acceptors (Lipinski definition) is 7. The predicted molar refractivity (Wildman–Crippen MR) is 109 cm³/mol. The smallest absolute Gasteiger partial charge is 0.269 e. The maximum atomic E-state index is 13.0. The second-order valence-corrected chi connectivity index (χ2v) is 7.94. The molecule has 2 aliphatic rings. The number of Topliss-reactive ketones (excluding diaryl/α,β-unsaturated/α-hetero) is 2. The first kappa shape index (κ1) is 18.9. The molecule has 0 saturated heterocycles. The number of aromatic nitrogens is 3. The molecule has 2 aromatic carbocycles. The van der Waals surface area contributed by atoms with E-state index in [1.807, 2.05) is 13.8 Å². The average Bonchev–Trinajstić information content (AvgIpc) is 3.34. The van der Waals surface area contributed by atoms with Crippen LogP contribution in [0.3, 0.4) is 0 Å². The van der Waals surface area contributed by atoms with Crippen LogP contribution in [0.1, 0.15) is 35.8 Å². The van der Waals surface area contributed by atoms with Gasteiger partial charge in [0.1, 0.15) is 23.1 Å². The highest BCUT2D eigenvalue weighted by Crippen LogP contribution is 2.49. The van der Waals surface area contributed by atoms with Gasteiger partial charge in [-0.15, -0.1) is 5.10 Å². The highest BCUT2D eigenvalue weighted by Gasteiger charge is 2.52. The van der Waals surface area contributed by atoms with Crippen molar-refractivity contribution < 1.29 is 19.2 Å². The van der Waals surface area contributed by atoms with E-state index in [1.54, 1.807) is 42.6 Å². The summed E-state index contributed by atoms with van der Waals surface area (Å²) in [7, 11) is 0. The molecular weight excluding hydrogens is 400 g/mol. The molecule has 0 radical (unpaired) electrons. The van der Waals surface area contributed by atoms with Gasteiger partial charge in [-0.2, -0.15) is 0 Å². The Balaban J connectivity index is 1.59. The molecule has 1 aromatic heterocycles. The van der Waals surface area contributed by atoms with Gasteiger partial charge in [-0.1, -0.05) is 29.5 Å². The molecule has 9 heteroatoms. The van der Waals surface area contributed by atoms with Crippen molar-refractivity contribution in [1.29, 1.82) is 0 Å². The maximum Gasteiger partial charge on any atom is 0.269 e. The van der Waals surface area contributed by atoms with Gasteiger partial charge in [0.15, 0.2) is 0 Å². The van der Waals surface area contributed by atoms with Gasteiger partial charge in [-0.3, -0.25) is 19.7 Å². The minimum absolute atomic E-state index is 0.0266. The Morgan fingerprint density at radius 3 is 2.39 bits per heavy atom. The van der Waals surface area contributed by atoms with Crippen molar-refractivity contribution in [2.24, 2.45) is 0 Å².